The van der Waals surface area contributed by atoms with Crippen molar-refractivity contribution in [1.82, 2.24) is 16.0 Å². The topological polar surface area (TPSA) is 139 Å². The third-order valence-corrected chi connectivity index (χ3v) is 3.72. The number of likely N-dealkylation sites (N-methyl/N-ethyl adjacent to an activating group) is 1. The highest BCUT2D eigenvalue weighted by molar-refractivity contribution is 5.76. The minimum atomic E-state index is -0.0945. The van der Waals surface area contributed by atoms with Gasteiger partial charge in [-0.3, -0.25) is 14.4 Å². The van der Waals surface area contributed by atoms with Crippen LogP contribution < -0.4 is 27.4 Å². The number of hydrogen-bond donors (Lipinski definition) is 5. The number of hydrogen-bond acceptors (Lipinski definition) is 5. The highest BCUT2D eigenvalue weighted by atomic mass is 16.2. The van der Waals surface area contributed by atoms with E-state index in [0.29, 0.717) is 69.7 Å². The van der Waals surface area contributed by atoms with Crippen LogP contribution in [0.2, 0.25) is 0 Å². The molecule has 0 aliphatic rings. The van der Waals surface area contributed by atoms with E-state index < -0.39 is 0 Å². The van der Waals surface area contributed by atoms with Crippen LogP contribution in [0, 0.1) is 0 Å². The largest absolute Gasteiger partial charge is 0.355 e. The number of nitrogens with two attached hydrogens (primary N) is 2. The fourth-order valence-electron chi connectivity index (χ4n) is 2.18. The maximum atomic E-state index is 11.8. The molecule has 0 unspecified atom stereocenters. The van der Waals surface area contributed by atoms with Crippen molar-refractivity contribution in [2.45, 2.75) is 19.8 Å². The Morgan fingerprint density at radius 2 is 1.25 bits per heavy atom. The predicted octanol–water partition coefficient (Wildman–Crippen LogP) is -2.50. The van der Waals surface area contributed by atoms with Gasteiger partial charge in [-0.05, 0) is 0 Å². The summed E-state index contributed by atoms with van der Waals surface area (Å²) in [4.78, 5) is 34.6. The maximum absolute atomic E-state index is 11.8. The van der Waals surface area contributed by atoms with E-state index in [1.54, 1.807) is 0 Å². The van der Waals surface area contributed by atoms with Crippen molar-refractivity contribution >= 4 is 17.7 Å². The molecule has 0 saturated carbocycles. The van der Waals surface area contributed by atoms with Crippen LogP contribution in [-0.2, 0) is 14.4 Å². The summed E-state index contributed by atoms with van der Waals surface area (Å²) in [5.74, 6) is -0.211. The molecule has 0 fully saturated rings. The van der Waals surface area contributed by atoms with Crippen molar-refractivity contribution in [2.24, 2.45) is 11.5 Å². The van der Waals surface area contributed by atoms with Crippen molar-refractivity contribution in [1.29, 1.82) is 0 Å². The van der Waals surface area contributed by atoms with Gasteiger partial charge >= 0.3 is 0 Å². The molecular formula is C15H33N6O3+. The maximum Gasteiger partial charge on any atom is 0.225 e. The van der Waals surface area contributed by atoms with Crippen LogP contribution in [-0.4, -0.2) is 81.6 Å². The van der Waals surface area contributed by atoms with Crippen LogP contribution in [0.5, 0.6) is 0 Å². The molecule has 0 aliphatic carbocycles. The second kappa shape index (κ2) is 12.7. The van der Waals surface area contributed by atoms with Gasteiger partial charge in [0.05, 0.1) is 46.1 Å². The first-order valence-corrected chi connectivity index (χ1v) is 8.34. The SMILES string of the molecule is CC(=O)NCC[N+](C)(CCC(=O)NCCN)CCC(=O)NCCN. The van der Waals surface area contributed by atoms with Crippen molar-refractivity contribution < 1.29 is 18.9 Å². The van der Waals surface area contributed by atoms with Gasteiger partial charge in [-0.1, -0.05) is 0 Å². The molecule has 0 aromatic heterocycles. The average Bonchev–Trinajstić information content (AvgIpc) is 2.54. The minimum absolute atomic E-state index is 0.0584. The van der Waals surface area contributed by atoms with Gasteiger partial charge in [-0.2, -0.15) is 0 Å². The average molecular weight is 345 g/mol. The van der Waals surface area contributed by atoms with E-state index in [4.69, 9.17) is 11.5 Å². The molecule has 0 aromatic carbocycles. The Hall–Kier alpha value is -1.71. The summed E-state index contributed by atoms with van der Waals surface area (Å²) in [5.41, 5.74) is 10.7. The lowest BCUT2D eigenvalue weighted by Crippen LogP contribution is -2.51. The summed E-state index contributed by atoms with van der Waals surface area (Å²) in [6.07, 6.45) is 0.696. The zero-order valence-electron chi connectivity index (χ0n) is 14.9. The molecule has 0 spiro atoms. The first-order chi connectivity index (χ1) is 11.3. The summed E-state index contributed by atoms with van der Waals surface area (Å²) >= 11 is 0. The van der Waals surface area contributed by atoms with E-state index in [0.717, 1.165) is 0 Å². The summed E-state index contributed by atoms with van der Waals surface area (Å²) < 4.78 is 0.520. The van der Waals surface area contributed by atoms with Crippen LogP contribution in [0.15, 0.2) is 0 Å². The van der Waals surface area contributed by atoms with Crippen LogP contribution in [0.1, 0.15) is 19.8 Å². The van der Waals surface area contributed by atoms with Gasteiger partial charge in [-0.25, -0.2) is 0 Å². The molecule has 0 rings (SSSR count). The molecule has 0 saturated heterocycles. The molecule has 3 amide bonds. The second-order valence-electron chi connectivity index (χ2n) is 6.05. The molecule has 140 valence electrons. The Bertz CT molecular complexity index is 379. The van der Waals surface area contributed by atoms with Gasteiger partial charge in [0.25, 0.3) is 0 Å². The lowest BCUT2D eigenvalue weighted by atomic mass is 10.2. The van der Waals surface area contributed by atoms with E-state index in [2.05, 4.69) is 16.0 Å². The van der Waals surface area contributed by atoms with Crippen LogP contribution in [0.3, 0.4) is 0 Å². The first kappa shape index (κ1) is 22.3. The van der Waals surface area contributed by atoms with Crippen molar-refractivity contribution in [3.05, 3.63) is 0 Å². The smallest absolute Gasteiger partial charge is 0.225 e. The Kier molecular flexibility index (Phi) is 11.8. The van der Waals surface area contributed by atoms with Crippen LogP contribution >= 0.6 is 0 Å². The number of nitrogens with one attached hydrogen (secondary N) is 3. The number of nitrogens with zero attached hydrogens (tertiary/aromatic N) is 1. The second-order valence-corrected chi connectivity index (χ2v) is 6.05. The molecule has 0 heterocycles. The predicted molar refractivity (Wildman–Crippen MR) is 92.8 cm³/mol. The number of amides is 3. The molecule has 24 heavy (non-hydrogen) atoms. The van der Waals surface area contributed by atoms with Crippen LogP contribution in [0.25, 0.3) is 0 Å². The van der Waals surface area contributed by atoms with Gasteiger partial charge < -0.3 is 31.9 Å². The molecule has 7 N–H and O–H groups in total. The quantitative estimate of drug-likeness (QED) is 0.235. The number of carbonyl (C=O) groups is 3. The molecule has 0 bridgehead atoms. The Morgan fingerprint density at radius 3 is 1.62 bits per heavy atom. The molecule has 0 aromatic rings. The molecule has 0 aliphatic heterocycles. The summed E-state index contributed by atoms with van der Waals surface area (Å²) in [6.45, 7) is 5.50. The van der Waals surface area contributed by atoms with Crippen molar-refractivity contribution in [3.8, 4) is 0 Å². The highest BCUT2D eigenvalue weighted by Crippen LogP contribution is 2.06. The van der Waals surface area contributed by atoms with Crippen molar-refractivity contribution in [3.63, 3.8) is 0 Å². The summed E-state index contributed by atoms with van der Waals surface area (Å²) in [7, 11) is 1.98. The third-order valence-electron chi connectivity index (χ3n) is 3.72. The van der Waals surface area contributed by atoms with E-state index in [9.17, 15) is 14.4 Å². The van der Waals surface area contributed by atoms with E-state index >= 15 is 0 Å². The Morgan fingerprint density at radius 1 is 0.792 bits per heavy atom. The minimum Gasteiger partial charge on any atom is -0.355 e. The fourth-order valence-corrected chi connectivity index (χ4v) is 2.18. The van der Waals surface area contributed by atoms with Gasteiger partial charge in [0.2, 0.25) is 17.7 Å². The standard InChI is InChI=1S/C15H32N6O3/c1-13(22)18-9-12-21(2,10-3-14(23)19-7-5-16)11-4-15(24)20-8-6-17/h3-12,16-17H2,1-2H3,(H2-,18,19,20,22,23,24)/p+1. The number of rotatable bonds is 13. The number of quaternary nitrogens is 1. The fraction of sp³-hybridized carbons (Fsp3) is 0.800. The first-order valence-electron chi connectivity index (χ1n) is 8.34. The van der Waals surface area contributed by atoms with Gasteiger partial charge in [0.1, 0.15) is 0 Å². The normalized spacial score (nSPS) is 11.0. The molecular weight excluding hydrogens is 312 g/mol. The third kappa shape index (κ3) is 11.8. The Balaban J connectivity index is 4.48. The van der Waals surface area contributed by atoms with E-state index in [1.165, 1.54) is 6.92 Å². The van der Waals surface area contributed by atoms with E-state index in [1.807, 2.05) is 7.05 Å². The monoisotopic (exact) mass is 345 g/mol. The Labute approximate surface area is 144 Å². The summed E-state index contributed by atoms with van der Waals surface area (Å²) in [5, 5.41) is 8.23. The number of carbonyl (C=O) groups excluding carboxylic acids is 3. The lowest BCUT2D eigenvalue weighted by molar-refractivity contribution is -0.907. The summed E-state index contributed by atoms with van der Waals surface area (Å²) in [6, 6.07) is 0. The molecule has 0 atom stereocenters. The highest BCUT2D eigenvalue weighted by Gasteiger charge is 2.23. The molecule has 9 heteroatoms. The van der Waals surface area contributed by atoms with Gasteiger partial charge in [-0.15, -0.1) is 0 Å². The molecule has 0 radical (unpaired) electrons. The lowest BCUT2D eigenvalue weighted by Gasteiger charge is -2.34. The van der Waals surface area contributed by atoms with E-state index in [-0.39, 0.29) is 17.7 Å². The van der Waals surface area contributed by atoms with Gasteiger partial charge in [0.15, 0.2) is 0 Å². The molecule has 9 nitrogen and oxygen atoms in total. The zero-order valence-corrected chi connectivity index (χ0v) is 14.9. The zero-order chi connectivity index (χ0) is 18.4. The van der Waals surface area contributed by atoms with Crippen LogP contribution in [0.4, 0.5) is 0 Å². The van der Waals surface area contributed by atoms with Crippen molar-refractivity contribution in [2.75, 3.05) is 59.4 Å². The van der Waals surface area contributed by atoms with Gasteiger partial charge in [0, 0.05) is 33.1 Å².